The number of benzene rings is 2. The molecule has 0 spiro atoms. The van der Waals surface area contributed by atoms with Crippen molar-refractivity contribution in [2.45, 2.75) is 6.18 Å². The number of nitrogens with one attached hydrogen (secondary N) is 1. The second-order valence-electron chi connectivity index (χ2n) is 5.29. The van der Waals surface area contributed by atoms with Crippen LogP contribution in [0.4, 0.5) is 18.9 Å². The number of aromatic nitrogens is 1. The molecule has 0 bridgehead atoms. The SMILES string of the molecule is O=C(/C=C(/Nc1cccc2cccnc12)c1ccccc1)C(F)(F)F. The molecule has 1 N–H and O–H groups in total. The third-order valence-corrected chi connectivity index (χ3v) is 3.54. The van der Waals surface area contributed by atoms with Crippen LogP contribution in [-0.4, -0.2) is 16.9 Å². The fourth-order valence-electron chi connectivity index (χ4n) is 2.37. The monoisotopic (exact) mass is 342 g/mol. The number of pyridine rings is 1. The van der Waals surface area contributed by atoms with Crippen LogP contribution in [0.2, 0.25) is 0 Å². The summed E-state index contributed by atoms with van der Waals surface area (Å²) in [6.07, 6.45) is -2.77. The first kappa shape index (κ1) is 16.7. The largest absolute Gasteiger partial charge is 0.454 e. The molecule has 0 aliphatic rings. The molecule has 0 unspecified atom stereocenters. The Morgan fingerprint density at radius 3 is 2.40 bits per heavy atom. The Kier molecular flexibility index (Phi) is 4.52. The molecule has 0 radical (unpaired) electrons. The molecule has 0 aliphatic heterocycles. The molecule has 25 heavy (non-hydrogen) atoms. The van der Waals surface area contributed by atoms with E-state index in [1.54, 1.807) is 54.7 Å². The molecule has 0 saturated heterocycles. The minimum Gasteiger partial charge on any atom is -0.353 e. The second kappa shape index (κ2) is 6.76. The van der Waals surface area contributed by atoms with Gasteiger partial charge in [-0.3, -0.25) is 9.78 Å². The molecular weight excluding hydrogens is 329 g/mol. The molecule has 126 valence electrons. The van der Waals surface area contributed by atoms with Crippen molar-refractivity contribution >= 4 is 28.1 Å². The number of alkyl halides is 3. The number of nitrogens with zero attached hydrogens (tertiary/aromatic N) is 1. The first-order chi connectivity index (χ1) is 11.9. The molecule has 0 aliphatic carbocycles. The van der Waals surface area contributed by atoms with Gasteiger partial charge in [0.2, 0.25) is 0 Å². The zero-order valence-corrected chi connectivity index (χ0v) is 12.9. The van der Waals surface area contributed by atoms with Gasteiger partial charge in [-0.1, -0.05) is 48.5 Å². The number of carbonyl (C=O) groups is 1. The fraction of sp³-hybridized carbons (Fsp3) is 0.0526. The number of halogens is 3. The van der Waals surface area contributed by atoms with Crippen molar-refractivity contribution in [2.75, 3.05) is 5.32 Å². The zero-order chi connectivity index (χ0) is 17.9. The van der Waals surface area contributed by atoms with Crippen LogP contribution in [0, 0.1) is 0 Å². The number of carbonyl (C=O) groups excluding carboxylic acids is 1. The van der Waals surface area contributed by atoms with Crippen LogP contribution < -0.4 is 5.32 Å². The first-order valence-electron chi connectivity index (χ1n) is 7.44. The topological polar surface area (TPSA) is 42.0 Å². The third-order valence-electron chi connectivity index (χ3n) is 3.54. The zero-order valence-electron chi connectivity index (χ0n) is 12.9. The minimum atomic E-state index is -4.93. The van der Waals surface area contributed by atoms with Crippen LogP contribution in [0.5, 0.6) is 0 Å². The summed E-state index contributed by atoms with van der Waals surface area (Å²) in [5.74, 6) is -1.92. The average molecular weight is 342 g/mol. The summed E-state index contributed by atoms with van der Waals surface area (Å²) in [5.41, 5.74) is 1.64. The molecule has 3 rings (SSSR count). The van der Waals surface area contributed by atoms with Gasteiger partial charge in [0.25, 0.3) is 5.78 Å². The lowest BCUT2D eigenvalue weighted by Crippen LogP contribution is -2.21. The minimum absolute atomic E-state index is 0.0566. The summed E-state index contributed by atoms with van der Waals surface area (Å²) in [7, 11) is 0. The molecule has 1 heterocycles. The van der Waals surface area contributed by atoms with Gasteiger partial charge in [0.1, 0.15) is 0 Å². The number of ketones is 1. The highest BCUT2D eigenvalue weighted by molar-refractivity contribution is 6.03. The van der Waals surface area contributed by atoms with Crippen molar-refractivity contribution in [2.24, 2.45) is 0 Å². The normalized spacial score (nSPS) is 12.2. The quantitative estimate of drug-likeness (QED) is 0.691. The maximum Gasteiger partial charge on any atom is 0.454 e. The molecule has 3 aromatic rings. The first-order valence-corrected chi connectivity index (χ1v) is 7.44. The molecule has 0 saturated carbocycles. The van der Waals surface area contributed by atoms with E-state index < -0.39 is 12.0 Å². The lowest BCUT2D eigenvalue weighted by atomic mass is 10.1. The van der Waals surface area contributed by atoms with Gasteiger partial charge in [-0.05, 0) is 17.7 Å². The summed E-state index contributed by atoms with van der Waals surface area (Å²) < 4.78 is 38.0. The Hall–Kier alpha value is -3.15. The Balaban J connectivity index is 2.06. The van der Waals surface area contributed by atoms with Gasteiger partial charge in [-0.15, -0.1) is 0 Å². The summed E-state index contributed by atoms with van der Waals surface area (Å²) in [6.45, 7) is 0. The highest BCUT2D eigenvalue weighted by atomic mass is 19.4. The third kappa shape index (κ3) is 3.85. The van der Waals surface area contributed by atoms with Crippen LogP contribution >= 0.6 is 0 Å². The van der Waals surface area contributed by atoms with Crippen LogP contribution in [0.1, 0.15) is 5.56 Å². The Bertz CT molecular complexity index is 929. The molecule has 6 heteroatoms. The Labute approximate surface area is 141 Å². The van der Waals surface area contributed by atoms with Crippen LogP contribution in [0.15, 0.2) is 72.9 Å². The Morgan fingerprint density at radius 1 is 0.960 bits per heavy atom. The highest BCUT2D eigenvalue weighted by Gasteiger charge is 2.37. The fourth-order valence-corrected chi connectivity index (χ4v) is 2.37. The molecule has 1 aromatic heterocycles. The molecule has 0 fully saturated rings. The molecule has 2 aromatic carbocycles. The highest BCUT2D eigenvalue weighted by Crippen LogP contribution is 2.26. The smallest absolute Gasteiger partial charge is 0.353 e. The van der Waals surface area contributed by atoms with Crippen molar-refractivity contribution in [1.82, 2.24) is 4.98 Å². The van der Waals surface area contributed by atoms with E-state index in [1.165, 1.54) is 0 Å². The van der Waals surface area contributed by atoms with Crippen molar-refractivity contribution in [3.63, 3.8) is 0 Å². The summed E-state index contributed by atoms with van der Waals surface area (Å²) in [4.78, 5) is 15.7. The standard InChI is InChI=1S/C19H13F3N2O/c20-19(21,22)17(25)12-16(13-6-2-1-3-7-13)24-15-10-4-8-14-9-5-11-23-18(14)15/h1-12,24H/b16-12+. The number of rotatable bonds is 4. The summed E-state index contributed by atoms with van der Waals surface area (Å²) >= 11 is 0. The van der Waals surface area contributed by atoms with Crippen LogP contribution in [0.25, 0.3) is 16.6 Å². The van der Waals surface area contributed by atoms with E-state index in [4.69, 9.17) is 0 Å². The van der Waals surface area contributed by atoms with Crippen molar-refractivity contribution in [1.29, 1.82) is 0 Å². The van der Waals surface area contributed by atoms with Crippen LogP contribution in [0.3, 0.4) is 0 Å². The van der Waals surface area contributed by atoms with E-state index in [0.29, 0.717) is 22.8 Å². The van der Waals surface area contributed by atoms with Gasteiger partial charge in [0.15, 0.2) is 0 Å². The van der Waals surface area contributed by atoms with Gasteiger partial charge in [-0.25, -0.2) is 0 Å². The molecule has 0 atom stereocenters. The predicted octanol–water partition coefficient (Wildman–Crippen LogP) is 4.82. The number of anilines is 1. The van der Waals surface area contributed by atoms with E-state index >= 15 is 0 Å². The second-order valence-corrected chi connectivity index (χ2v) is 5.29. The summed E-state index contributed by atoms with van der Waals surface area (Å²) in [6, 6.07) is 17.3. The average Bonchev–Trinajstić information content (AvgIpc) is 2.61. The van der Waals surface area contributed by atoms with E-state index in [2.05, 4.69) is 10.3 Å². The van der Waals surface area contributed by atoms with Gasteiger partial charge >= 0.3 is 6.18 Å². The van der Waals surface area contributed by atoms with Gasteiger partial charge in [0, 0.05) is 23.4 Å². The van der Waals surface area contributed by atoms with E-state index in [0.717, 1.165) is 5.39 Å². The number of para-hydroxylation sites is 1. The van der Waals surface area contributed by atoms with Gasteiger partial charge in [-0.2, -0.15) is 13.2 Å². The Morgan fingerprint density at radius 2 is 1.68 bits per heavy atom. The van der Waals surface area contributed by atoms with Crippen LogP contribution in [-0.2, 0) is 4.79 Å². The maximum atomic E-state index is 12.7. The van der Waals surface area contributed by atoms with E-state index in [-0.39, 0.29) is 5.70 Å². The number of fused-ring (bicyclic) bond motifs is 1. The van der Waals surface area contributed by atoms with Crippen molar-refractivity contribution < 1.29 is 18.0 Å². The maximum absolute atomic E-state index is 12.7. The van der Waals surface area contributed by atoms with Crippen molar-refractivity contribution in [3.8, 4) is 0 Å². The number of allylic oxidation sites excluding steroid dienone is 1. The van der Waals surface area contributed by atoms with Crippen molar-refractivity contribution in [3.05, 3.63) is 78.5 Å². The number of hydrogen-bond acceptors (Lipinski definition) is 3. The van der Waals surface area contributed by atoms with Gasteiger partial charge < -0.3 is 5.32 Å². The molecule has 3 nitrogen and oxygen atoms in total. The van der Waals surface area contributed by atoms with E-state index in [1.807, 2.05) is 12.1 Å². The lowest BCUT2D eigenvalue weighted by Gasteiger charge is -2.13. The predicted molar refractivity (Wildman–Crippen MR) is 90.8 cm³/mol. The summed E-state index contributed by atoms with van der Waals surface area (Å²) in [5, 5.41) is 3.75. The number of hydrogen-bond donors (Lipinski definition) is 1. The van der Waals surface area contributed by atoms with Gasteiger partial charge in [0.05, 0.1) is 11.2 Å². The molecular formula is C19H13F3N2O. The lowest BCUT2D eigenvalue weighted by molar-refractivity contribution is -0.165. The van der Waals surface area contributed by atoms with E-state index in [9.17, 15) is 18.0 Å². The molecule has 0 amide bonds.